The van der Waals surface area contributed by atoms with Gasteiger partial charge in [0.05, 0.1) is 27.0 Å². The molecule has 1 aromatic heterocycles. The Morgan fingerprint density at radius 2 is 1.36 bits per heavy atom. The van der Waals surface area contributed by atoms with Gasteiger partial charge in [0, 0.05) is 25.7 Å². The van der Waals surface area contributed by atoms with E-state index in [1.165, 1.54) is 39.0 Å². The molecule has 1 heterocycles. The molecule has 0 aliphatic heterocycles. The lowest BCUT2D eigenvalue weighted by atomic mass is 10.1. The van der Waals surface area contributed by atoms with Crippen molar-refractivity contribution in [3.8, 4) is 28.5 Å². The van der Waals surface area contributed by atoms with Crippen LogP contribution in [0.3, 0.4) is 0 Å². The third-order valence-corrected chi connectivity index (χ3v) is 3.49. The molecular weight excluding hydrogens is 288 g/mol. The summed E-state index contributed by atoms with van der Waals surface area (Å²) in [6.45, 7) is 0. The number of rotatable bonds is 4. The Morgan fingerprint density at radius 3 is 1.82 bits per heavy atom. The second kappa shape index (κ2) is 5.97. The second-order valence-corrected chi connectivity index (χ2v) is 4.68. The minimum absolute atomic E-state index is 0.383. The van der Waals surface area contributed by atoms with E-state index in [9.17, 15) is 9.59 Å². The fourth-order valence-corrected chi connectivity index (χ4v) is 2.24. The van der Waals surface area contributed by atoms with Gasteiger partial charge < -0.3 is 14.2 Å². The van der Waals surface area contributed by atoms with Crippen molar-refractivity contribution >= 4 is 0 Å². The SMILES string of the molecule is COc1cc(-c2cc(=O)n(C)c(=O)n2C)cc(OC)c1OC. The van der Waals surface area contributed by atoms with Crippen molar-refractivity contribution in [1.29, 1.82) is 0 Å². The molecule has 0 radical (unpaired) electrons. The van der Waals surface area contributed by atoms with Crippen molar-refractivity contribution in [1.82, 2.24) is 9.13 Å². The zero-order valence-electron chi connectivity index (χ0n) is 13.2. The molecule has 0 fully saturated rings. The molecule has 0 atom stereocenters. The highest BCUT2D eigenvalue weighted by Crippen LogP contribution is 2.40. The van der Waals surface area contributed by atoms with E-state index in [4.69, 9.17) is 14.2 Å². The normalized spacial score (nSPS) is 10.4. The molecule has 0 amide bonds. The van der Waals surface area contributed by atoms with E-state index in [1.54, 1.807) is 19.2 Å². The molecule has 0 saturated heterocycles. The van der Waals surface area contributed by atoms with Crippen LogP contribution in [0.2, 0.25) is 0 Å². The summed E-state index contributed by atoms with van der Waals surface area (Å²) in [4.78, 5) is 23.9. The third kappa shape index (κ3) is 2.45. The van der Waals surface area contributed by atoms with E-state index >= 15 is 0 Å². The molecule has 22 heavy (non-hydrogen) atoms. The van der Waals surface area contributed by atoms with Gasteiger partial charge in [0.25, 0.3) is 5.56 Å². The Bertz CT molecular complexity index is 795. The van der Waals surface area contributed by atoms with Crippen molar-refractivity contribution < 1.29 is 14.2 Å². The molecule has 0 aliphatic carbocycles. The maximum Gasteiger partial charge on any atom is 0.330 e. The van der Waals surface area contributed by atoms with Crippen LogP contribution in [0.15, 0.2) is 27.8 Å². The fraction of sp³-hybridized carbons (Fsp3) is 0.333. The molecule has 7 nitrogen and oxygen atoms in total. The van der Waals surface area contributed by atoms with Crippen LogP contribution in [0, 0.1) is 0 Å². The van der Waals surface area contributed by atoms with Crippen LogP contribution >= 0.6 is 0 Å². The third-order valence-electron chi connectivity index (χ3n) is 3.49. The van der Waals surface area contributed by atoms with Gasteiger partial charge in [-0.25, -0.2) is 4.79 Å². The molecule has 2 rings (SSSR count). The number of methoxy groups -OCH3 is 3. The van der Waals surface area contributed by atoms with Gasteiger partial charge in [-0.15, -0.1) is 0 Å². The smallest absolute Gasteiger partial charge is 0.330 e. The lowest BCUT2D eigenvalue weighted by molar-refractivity contribution is 0.324. The van der Waals surface area contributed by atoms with E-state index in [1.807, 2.05) is 0 Å². The Balaban J connectivity index is 2.79. The highest BCUT2D eigenvalue weighted by Gasteiger charge is 2.16. The average Bonchev–Trinajstić information content (AvgIpc) is 2.54. The Kier molecular flexibility index (Phi) is 4.25. The van der Waals surface area contributed by atoms with Crippen LogP contribution in [-0.2, 0) is 14.1 Å². The number of hydrogen-bond donors (Lipinski definition) is 0. The standard InChI is InChI=1S/C15H18N2O5/c1-16-10(8-13(18)17(2)15(16)19)9-6-11(20-3)14(22-5)12(7-9)21-4/h6-8H,1-5H3. The van der Waals surface area contributed by atoms with Crippen LogP contribution in [0.4, 0.5) is 0 Å². The van der Waals surface area contributed by atoms with Crippen LogP contribution in [0.25, 0.3) is 11.3 Å². The summed E-state index contributed by atoms with van der Waals surface area (Å²) < 4.78 is 18.3. The first-order valence-electron chi connectivity index (χ1n) is 6.52. The minimum atomic E-state index is -0.406. The van der Waals surface area contributed by atoms with Crippen molar-refractivity contribution in [2.24, 2.45) is 14.1 Å². The molecule has 0 bridgehead atoms. The molecule has 0 spiro atoms. The highest BCUT2D eigenvalue weighted by molar-refractivity contribution is 5.68. The molecule has 0 saturated carbocycles. The maximum atomic E-state index is 12.1. The van der Waals surface area contributed by atoms with E-state index in [-0.39, 0.29) is 5.56 Å². The van der Waals surface area contributed by atoms with Gasteiger partial charge in [-0.3, -0.25) is 13.9 Å². The first kappa shape index (κ1) is 15.7. The quantitative estimate of drug-likeness (QED) is 0.834. The number of benzene rings is 1. The lowest BCUT2D eigenvalue weighted by Gasteiger charge is -2.15. The summed E-state index contributed by atoms with van der Waals surface area (Å²) in [5.74, 6) is 1.34. The Labute approximate surface area is 127 Å². The monoisotopic (exact) mass is 306 g/mol. The van der Waals surface area contributed by atoms with Gasteiger partial charge in [-0.2, -0.15) is 0 Å². The molecule has 7 heteroatoms. The van der Waals surface area contributed by atoms with Crippen LogP contribution < -0.4 is 25.5 Å². The second-order valence-electron chi connectivity index (χ2n) is 4.68. The van der Waals surface area contributed by atoms with Gasteiger partial charge in [0.1, 0.15) is 0 Å². The average molecular weight is 306 g/mol. The summed E-state index contributed by atoms with van der Waals surface area (Å²) in [7, 11) is 7.55. The molecule has 0 aliphatic rings. The predicted octanol–water partition coefficient (Wildman–Crippen LogP) is 0.777. The summed E-state index contributed by atoms with van der Waals surface area (Å²) in [5.41, 5.74) is 0.294. The number of hydrogen-bond acceptors (Lipinski definition) is 5. The molecule has 0 unspecified atom stereocenters. The molecular formula is C15H18N2O5. The summed E-state index contributed by atoms with van der Waals surface area (Å²) >= 11 is 0. The van der Waals surface area contributed by atoms with Gasteiger partial charge in [0.15, 0.2) is 11.5 Å². The van der Waals surface area contributed by atoms with E-state index in [0.29, 0.717) is 28.5 Å². The first-order chi connectivity index (χ1) is 10.4. The van der Waals surface area contributed by atoms with Gasteiger partial charge >= 0.3 is 5.69 Å². The largest absolute Gasteiger partial charge is 0.493 e. The minimum Gasteiger partial charge on any atom is -0.493 e. The number of ether oxygens (including phenoxy) is 3. The van der Waals surface area contributed by atoms with E-state index < -0.39 is 5.69 Å². The fourth-order valence-electron chi connectivity index (χ4n) is 2.24. The molecule has 2 aromatic rings. The maximum absolute atomic E-state index is 12.1. The van der Waals surface area contributed by atoms with Crippen LogP contribution in [0.5, 0.6) is 17.2 Å². The number of nitrogens with zero attached hydrogens (tertiary/aromatic N) is 2. The van der Waals surface area contributed by atoms with Crippen LogP contribution in [-0.4, -0.2) is 30.5 Å². The zero-order chi connectivity index (χ0) is 16.4. The van der Waals surface area contributed by atoms with Crippen molar-refractivity contribution in [3.63, 3.8) is 0 Å². The summed E-state index contributed by atoms with van der Waals surface area (Å²) in [6.07, 6.45) is 0. The Hall–Kier alpha value is -2.70. The van der Waals surface area contributed by atoms with E-state index in [2.05, 4.69) is 0 Å². The topological polar surface area (TPSA) is 71.7 Å². The highest BCUT2D eigenvalue weighted by atomic mass is 16.5. The Morgan fingerprint density at radius 1 is 0.818 bits per heavy atom. The van der Waals surface area contributed by atoms with Gasteiger partial charge in [0.2, 0.25) is 5.75 Å². The summed E-state index contributed by atoms with van der Waals surface area (Å²) in [6, 6.07) is 4.77. The first-order valence-corrected chi connectivity index (χ1v) is 6.52. The lowest BCUT2D eigenvalue weighted by Crippen LogP contribution is -2.37. The van der Waals surface area contributed by atoms with Gasteiger partial charge in [-0.05, 0) is 12.1 Å². The molecule has 1 aromatic carbocycles. The zero-order valence-corrected chi connectivity index (χ0v) is 13.2. The van der Waals surface area contributed by atoms with E-state index in [0.717, 1.165) is 4.57 Å². The number of aromatic nitrogens is 2. The summed E-state index contributed by atoms with van der Waals surface area (Å²) in [5, 5.41) is 0. The predicted molar refractivity (Wildman–Crippen MR) is 82.0 cm³/mol. The van der Waals surface area contributed by atoms with Crippen molar-refractivity contribution in [2.75, 3.05) is 21.3 Å². The molecule has 118 valence electrons. The van der Waals surface area contributed by atoms with Gasteiger partial charge in [-0.1, -0.05) is 0 Å². The van der Waals surface area contributed by atoms with Crippen molar-refractivity contribution in [2.45, 2.75) is 0 Å². The molecule has 0 N–H and O–H groups in total. The van der Waals surface area contributed by atoms with Crippen molar-refractivity contribution in [3.05, 3.63) is 39.0 Å². The van der Waals surface area contributed by atoms with Crippen LogP contribution in [0.1, 0.15) is 0 Å².